The van der Waals surface area contributed by atoms with Crippen molar-refractivity contribution < 1.29 is 19.0 Å². The zero-order chi connectivity index (χ0) is 13.2. The molecule has 0 N–H and O–H groups in total. The van der Waals surface area contributed by atoms with Crippen molar-refractivity contribution in [2.75, 3.05) is 6.79 Å². The zero-order valence-electron chi connectivity index (χ0n) is 9.72. The Labute approximate surface area is 122 Å². The van der Waals surface area contributed by atoms with Crippen LogP contribution in [0.4, 0.5) is 0 Å². The van der Waals surface area contributed by atoms with E-state index in [0.29, 0.717) is 29.4 Å². The minimum atomic E-state index is 0.174. The molecule has 6 heteroatoms. The molecule has 1 aliphatic rings. The highest BCUT2D eigenvalue weighted by molar-refractivity contribution is 9.10. The summed E-state index contributed by atoms with van der Waals surface area (Å²) < 4.78 is 17.2. The quantitative estimate of drug-likeness (QED) is 0.797. The van der Waals surface area contributed by atoms with Gasteiger partial charge in [0.2, 0.25) is 6.79 Å². The minimum absolute atomic E-state index is 0.174. The van der Waals surface area contributed by atoms with Crippen molar-refractivity contribution in [3.8, 4) is 17.2 Å². The topological polar surface area (TPSA) is 44.8 Å². The van der Waals surface area contributed by atoms with Crippen LogP contribution >= 0.6 is 27.3 Å². The van der Waals surface area contributed by atoms with Crippen molar-refractivity contribution in [2.45, 2.75) is 6.61 Å². The van der Waals surface area contributed by atoms with Crippen LogP contribution < -0.4 is 14.2 Å². The van der Waals surface area contributed by atoms with Gasteiger partial charge >= 0.3 is 0 Å². The minimum Gasteiger partial charge on any atom is -0.487 e. The van der Waals surface area contributed by atoms with Gasteiger partial charge < -0.3 is 14.2 Å². The number of hydrogen-bond donors (Lipinski definition) is 0. The van der Waals surface area contributed by atoms with E-state index in [1.165, 1.54) is 0 Å². The third-order valence-corrected chi connectivity index (χ3v) is 4.58. The first-order valence-electron chi connectivity index (χ1n) is 5.51. The molecule has 1 aromatic heterocycles. The average Bonchev–Trinajstić information content (AvgIpc) is 3.03. The SMILES string of the molecule is O=Cc1cc2c(cc1OCc1sccc1Br)OCO2. The average molecular weight is 341 g/mol. The highest BCUT2D eigenvalue weighted by Gasteiger charge is 2.18. The van der Waals surface area contributed by atoms with Gasteiger partial charge in [-0.05, 0) is 33.4 Å². The number of hydrogen-bond acceptors (Lipinski definition) is 5. The molecule has 0 saturated heterocycles. The van der Waals surface area contributed by atoms with Gasteiger partial charge in [0.1, 0.15) is 12.4 Å². The highest BCUT2D eigenvalue weighted by atomic mass is 79.9. The molecule has 0 saturated carbocycles. The first-order chi connectivity index (χ1) is 9.28. The van der Waals surface area contributed by atoms with Crippen molar-refractivity contribution in [1.82, 2.24) is 0 Å². The predicted molar refractivity (Wildman–Crippen MR) is 74.3 cm³/mol. The van der Waals surface area contributed by atoms with Gasteiger partial charge in [0, 0.05) is 10.5 Å². The Hall–Kier alpha value is -1.53. The number of halogens is 1. The summed E-state index contributed by atoms with van der Waals surface area (Å²) in [5, 5.41) is 1.98. The van der Waals surface area contributed by atoms with Crippen molar-refractivity contribution >= 4 is 33.6 Å². The molecule has 0 bridgehead atoms. The molecule has 2 heterocycles. The molecule has 0 aliphatic carbocycles. The number of aldehydes is 1. The van der Waals surface area contributed by atoms with Crippen LogP contribution in [-0.4, -0.2) is 13.1 Å². The molecule has 0 amide bonds. The second kappa shape index (κ2) is 5.22. The normalized spacial score (nSPS) is 12.5. The maximum absolute atomic E-state index is 11.1. The summed E-state index contributed by atoms with van der Waals surface area (Å²) >= 11 is 5.03. The van der Waals surface area contributed by atoms with Crippen LogP contribution in [-0.2, 0) is 6.61 Å². The Balaban J connectivity index is 1.84. The van der Waals surface area contributed by atoms with Crippen LogP contribution in [0, 0.1) is 0 Å². The summed E-state index contributed by atoms with van der Waals surface area (Å²) in [6.07, 6.45) is 0.751. The maximum Gasteiger partial charge on any atom is 0.231 e. The molecule has 3 rings (SSSR count). The molecule has 2 aromatic rings. The number of benzene rings is 1. The van der Waals surface area contributed by atoms with Crippen LogP contribution in [0.15, 0.2) is 28.1 Å². The third kappa shape index (κ3) is 2.46. The Morgan fingerprint density at radius 3 is 2.84 bits per heavy atom. The Bertz CT molecular complexity index is 623. The Morgan fingerprint density at radius 1 is 1.37 bits per heavy atom. The second-order valence-electron chi connectivity index (χ2n) is 3.84. The van der Waals surface area contributed by atoms with E-state index in [1.54, 1.807) is 23.5 Å². The fourth-order valence-electron chi connectivity index (χ4n) is 1.73. The van der Waals surface area contributed by atoms with E-state index < -0.39 is 0 Å². The molecular formula is C13H9BrO4S. The van der Waals surface area contributed by atoms with Crippen LogP contribution in [0.1, 0.15) is 15.2 Å². The Kier molecular flexibility index (Phi) is 3.44. The number of fused-ring (bicyclic) bond motifs is 1. The maximum atomic E-state index is 11.1. The van der Waals surface area contributed by atoms with Crippen molar-refractivity contribution in [3.63, 3.8) is 0 Å². The van der Waals surface area contributed by atoms with Gasteiger partial charge in [-0.25, -0.2) is 0 Å². The van der Waals surface area contributed by atoms with E-state index in [-0.39, 0.29) is 6.79 Å². The lowest BCUT2D eigenvalue weighted by molar-refractivity contribution is 0.111. The number of carbonyl (C=O) groups is 1. The number of ether oxygens (including phenoxy) is 3. The van der Waals surface area contributed by atoms with E-state index in [4.69, 9.17) is 14.2 Å². The smallest absolute Gasteiger partial charge is 0.231 e. The lowest BCUT2D eigenvalue weighted by Gasteiger charge is -2.08. The predicted octanol–water partition coefficient (Wildman–Crippen LogP) is 3.63. The van der Waals surface area contributed by atoms with Crippen molar-refractivity contribution in [1.29, 1.82) is 0 Å². The molecule has 1 aromatic carbocycles. The second-order valence-corrected chi connectivity index (χ2v) is 5.70. The number of thiophene rings is 1. The fraction of sp³-hybridized carbons (Fsp3) is 0.154. The molecule has 0 atom stereocenters. The molecule has 4 nitrogen and oxygen atoms in total. The summed E-state index contributed by atoms with van der Waals surface area (Å²) in [5.74, 6) is 1.68. The summed E-state index contributed by atoms with van der Waals surface area (Å²) in [6.45, 7) is 0.576. The van der Waals surface area contributed by atoms with E-state index in [1.807, 2.05) is 11.4 Å². The Morgan fingerprint density at radius 2 is 2.16 bits per heavy atom. The lowest BCUT2D eigenvalue weighted by atomic mass is 10.2. The highest BCUT2D eigenvalue weighted by Crippen LogP contribution is 2.38. The van der Waals surface area contributed by atoms with Crippen LogP contribution in [0.3, 0.4) is 0 Å². The third-order valence-electron chi connectivity index (χ3n) is 2.68. The fourth-order valence-corrected chi connectivity index (χ4v) is 3.11. The van der Waals surface area contributed by atoms with Gasteiger partial charge in [-0.2, -0.15) is 0 Å². The van der Waals surface area contributed by atoms with Crippen molar-refractivity contribution in [3.05, 3.63) is 38.5 Å². The zero-order valence-corrected chi connectivity index (χ0v) is 12.1. The van der Waals surface area contributed by atoms with Gasteiger partial charge in [-0.15, -0.1) is 11.3 Å². The largest absolute Gasteiger partial charge is 0.487 e. The summed E-state index contributed by atoms with van der Waals surface area (Å²) in [4.78, 5) is 12.1. The van der Waals surface area contributed by atoms with Crippen LogP contribution in [0.5, 0.6) is 17.2 Å². The van der Waals surface area contributed by atoms with E-state index in [0.717, 1.165) is 15.6 Å². The molecule has 19 heavy (non-hydrogen) atoms. The van der Waals surface area contributed by atoms with Crippen molar-refractivity contribution in [2.24, 2.45) is 0 Å². The molecule has 0 fully saturated rings. The molecule has 0 spiro atoms. The van der Waals surface area contributed by atoms with E-state index >= 15 is 0 Å². The van der Waals surface area contributed by atoms with E-state index in [9.17, 15) is 4.79 Å². The van der Waals surface area contributed by atoms with Gasteiger partial charge in [-0.1, -0.05) is 0 Å². The molecule has 0 radical (unpaired) electrons. The van der Waals surface area contributed by atoms with Crippen LogP contribution in [0.2, 0.25) is 0 Å². The molecule has 98 valence electrons. The number of rotatable bonds is 4. The first kappa shape index (κ1) is 12.5. The first-order valence-corrected chi connectivity index (χ1v) is 7.18. The lowest BCUT2D eigenvalue weighted by Crippen LogP contribution is -1.97. The number of carbonyl (C=O) groups excluding carboxylic acids is 1. The van der Waals surface area contributed by atoms with Gasteiger partial charge in [-0.3, -0.25) is 4.79 Å². The van der Waals surface area contributed by atoms with Gasteiger partial charge in [0.15, 0.2) is 17.8 Å². The summed E-state index contributed by atoms with van der Waals surface area (Å²) in [5.41, 5.74) is 0.455. The van der Waals surface area contributed by atoms with Gasteiger partial charge in [0.05, 0.1) is 10.4 Å². The van der Waals surface area contributed by atoms with E-state index in [2.05, 4.69) is 15.9 Å². The molecule has 0 unspecified atom stereocenters. The van der Waals surface area contributed by atoms with Gasteiger partial charge in [0.25, 0.3) is 0 Å². The summed E-state index contributed by atoms with van der Waals surface area (Å²) in [7, 11) is 0. The molecule has 1 aliphatic heterocycles. The van der Waals surface area contributed by atoms with Crippen LogP contribution in [0.25, 0.3) is 0 Å². The molecular weight excluding hydrogens is 332 g/mol. The monoisotopic (exact) mass is 340 g/mol. The summed E-state index contributed by atoms with van der Waals surface area (Å²) in [6, 6.07) is 5.28. The standard InChI is InChI=1S/C13H9BrO4S/c14-9-1-2-19-13(9)6-16-10-4-12-11(17-7-18-12)3-8(10)5-15/h1-5H,6-7H2.